The number of hydrogen-bond donors (Lipinski definition) is 1. The quantitative estimate of drug-likeness (QED) is 0.879. The van der Waals surface area contributed by atoms with Crippen molar-refractivity contribution >= 4 is 5.91 Å². The van der Waals surface area contributed by atoms with Crippen LogP contribution in [0, 0.1) is 13.8 Å². The molecule has 1 N–H and O–H groups in total. The number of carbonyl (C=O) groups excluding carboxylic acids is 1. The maximum Gasteiger partial charge on any atom is 0.271 e. The number of aryl methyl sites for hydroxylation is 2. The molecule has 1 aliphatic carbocycles. The second-order valence-corrected chi connectivity index (χ2v) is 7.29. The van der Waals surface area contributed by atoms with E-state index in [9.17, 15) is 9.59 Å². The number of rotatable bonds is 5. The van der Waals surface area contributed by atoms with Gasteiger partial charge in [-0.1, -0.05) is 25.3 Å². The van der Waals surface area contributed by atoms with Crippen LogP contribution in [-0.4, -0.2) is 27.8 Å². The van der Waals surface area contributed by atoms with Gasteiger partial charge in [0.05, 0.1) is 5.69 Å². The van der Waals surface area contributed by atoms with Gasteiger partial charge in [0.15, 0.2) is 6.10 Å². The highest BCUT2D eigenvalue weighted by molar-refractivity contribution is 5.80. The number of nitrogens with zero attached hydrogens (tertiary/aromatic N) is 2. The van der Waals surface area contributed by atoms with Crippen molar-refractivity contribution < 1.29 is 9.53 Å². The highest BCUT2D eigenvalue weighted by Gasteiger charge is 2.21. The van der Waals surface area contributed by atoms with Crippen LogP contribution in [0.1, 0.15) is 50.2 Å². The standard InChI is InChI=1S/C21H27N3O3/c1-14-9-10-18(13-15(14)2)24-20(25)12-11-19(23-24)27-16(3)21(26)22-17-7-5-4-6-8-17/h9-13,16-17H,4-8H2,1-3H3,(H,22,26)/t16-/m1/s1. The maximum absolute atomic E-state index is 12.4. The Morgan fingerprint density at radius 3 is 2.59 bits per heavy atom. The van der Waals surface area contributed by atoms with Crippen molar-refractivity contribution in [1.29, 1.82) is 0 Å². The van der Waals surface area contributed by atoms with Gasteiger partial charge in [-0.05, 0) is 56.9 Å². The summed E-state index contributed by atoms with van der Waals surface area (Å²) in [5.41, 5.74) is 2.65. The van der Waals surface area contributed by atoms with E-state index in [1.54, 1.807) is 6.92 Å². The van der Waals surface area contributed by atoms with Crippen molar-refractivity contribution in [2.45, 2.75) is 65.0 Å². The van der Waals surface area contributed by atoms with Crippen molar-refractivity contribution in [2.24, 2.45) is 0 Å². The first-order valence-corrected chi connectivity index (χ1v) is 9.59. The Morgan fingerprint density at radius 2 is 1.89 bits per heavy atom. The van der Waals surface area contributed by atoms with Crippen LogP contribution in [0.2, 0.25) is 0 Å². The smallest absolute Gasteiger partial charge is 0.271 e. The Labute approximate surface area is 159 Å². The number of carbonyl (C=O) groups is 1. The van der Waals surface area contributed by atoms with Crippen LogP contribution in [-0.2, 0) is 4.79 Å². The molecule has 6 nitrogen and oxygen atoms in total. The lowest BCUT2D eigenvalue weighted by Gasteiger charge is -2.24. The summed E-state index contributed by atoms with van der Waals surface area (Å²) < 4.78 is 7.01. The molecule has 2 aromatic rings. The molecule has 1 aromatic carbocycles. The predicted molar refractivity (Wildman–Crippen MR) is 104 cm³/mol. The molecule has 1 aliphatic rings. The van der Waals surface area contributed by atoms with Crippen LogP contribution in [0.15, 0.2) is 35.1 Å². The zero-order chi connectivity index (χ0) is 19.4. The summed E-state index contributed by atoms with van der Waals surface area (Å²) in [5.74, 6) is 0.103. The lowest BCUT2D eigenvalue weighted by atomic mass is 9.95. The molecule has 144 valence electrons. The average molecular weight is 369 g/mol. The van der Waals surface area contributed by atoms with Crippen LogP contribution in [0.5, 0.6) is 5.88 Å². The van der Waals surface area contributed by atoms with Crippen LogP contribution in [0.25, 0.3) is 5.69 Å². The number of aromatic nitrogens is 2. The van der Waals surface area contributed by atoms with Crippen molar-refractivity contribution in [3.05, 3.63) is 51.8 Å². The molecule has 1 heterocycles. The molecule has 0 aliphatic heterocycles. The van der Waals surface area contributed by atoms with E-state index in [2.05, 4.69) is 10.4 Å². The maximum atomic E-state index is 12.4. The molecule has 27 heavy (non-hydrogen) atoms. The SMILES string of the molecule is Cc1ccc(-n2nc(O[C@H](C)C(=O)NC3CCCCC3)ccc2=O)cc1C. The summed E-state index contributed by atoms with van der Waals surface area (Å²) in [7, 11) is 0. The molecule has 1 saturated carbocycles. The third-order valence-electron chi connectivity index (χ3n) is 5.13. The molecule has 1 aromatic heterocycles. The summed E-state index contributed by atoms with van der Waals surface area (Å²) in [4.78, 5) is 24.6. The van der Waals surface area contributed by atoms with Gasteiger partial charge in [0.25, 0.3) is 11.5 Å². The highest BCUT2D eigenvalue weighted by Crippen LogP contribution is 2.18. The van der Waals surface area contributed by atoms with E-state index in [-0.39, 0.29) is 23.4 Å². The zero-order valence-electron chi connectivity index (χ0n) is 16.2. The second kappa shape index (κ2) is 8.37. The molecule has 3 rings (SSSR count). The topological polar surface area (TPSA) is 73.2 Å². The van der Waals surface area contributed by atoms with Crippen molar-refractivity contribution in [2.75, 3.05) is 0 Å². The molecule has 0 unspecified atom stereocenters. The van der Waals surface area contributed by atoms with Gasteiger partial charge >= 0.3 is 0 Å². The Morgan fingerprint density at radius 1 is 1.15 bits per heavy atom. The molecule has 0 saturated heterocycles. The normalized spacial score (nSPS) is 16.0. The largest absolute Gasteiger partial charge is 0.464 e. The van der Waals surface area contributed by atoms with Crippen LogP contribution >= 0.6 is 0 Å². The van der Waals surface area contributed by atoms with Crippen molar-refractivity contribution in [3.8, 4) is 11.6 Å². The van der Waals surface area contributed by atoms with E-state index >= 15 is 0 Å². The van der Waals surface area contributed by atoms with Gasteiger partial charge in [-0.25, -0.2) is 0 Å². The minimum Gasteiger partial charge on any atom is -0.464 e. The number of nitrogens with one attached hydrogen (secondary N) is 1. The minimum atomic E-state index is -0.676. The van der Waals surface area contributed by atoms with E-state index < -0.39 is 6.10 Å². The molecular weight excluding hydrogens is 342 g/mol. The molecule has 1 amide bonds. The first-order valence-electron chi connectivity index (χ1n) is 9.59. The molecular formula is C21H27N3O3. The third-order valence-corrected chi connectivity index (χ3v) is 5.13. The van der Waals surface area contributed by atoms with E-state index in [1.165, 1.54) is 23.2 Å². The zero-order valence-corrected chi connectivity index (χ0v) is 16.2. The van der Waals surface area contributed by atoms with E-state index in [4.69, 9.17) is 4.74 Å². The first-order chi connectivity index (χ1) is 12.9. The fourth-order valence-corrected chi connectivity index (χ4v) is 3.30. The molecule has 0 spiro atoms. The van der Waals surface area contributed by atoms with Crippen molar-refractivity contribution in [1.82, 2.24) is 15.1 Å². The van der Waals surface area contributed by atoms with E-state index in [1.807, 2.05) is 32.0 Å². The summed E-state index contributed by atoms with van der Waals surface area (Å²) >= 11 is 0. The Balaban J connectivity index is 1.72. The number of hydrogen-bond acceptors (Lipinski definition) is 4. The molecule has 1 fully saturated rings. The van der Waals surface area contributed by atoms with Gasteiger partial charge in [0.1, 0.15) is 0 Å². The summed E-state index contributed by atoms with van der Waals surface area (Å²) in [6, 6.07) is 8.85. The van der Waals surface area contributed by atoms with Crippen molar-refractivity contribution in [3.63, 3.8) is 0 Å². The monoisotopic (exact) mass is 369 g/mol. The number of amides is 1. The molecule has 0 radical (unpaired) electrons. The molecule has 1 atom stereocenters. The van der Waals surface area contributed by atoms with E-state index in [0.717, 1.165) is 36.8 Å². The third kappa shape index (κ3) is 4.76. The Bertz CT molecular complexity index is 869. The van der Waals surface area contributed by atoms with E-state index in [0.29, 0.717) is 5.69 Å². The fraction of sp³-hybridized carbons (Fsp3) is 0.476. The lowest BCUT2D eigenvalue weighted by Crippen LogP contribution is -2.43. The van der Waals surface area contributed by atoms with Gasteiger partial charge < -0.3 is 10.1 Å². The fourth-order valence-electron chi connectivity index (χ4n) is 3.30. The van der Waals surface area contributed by atoms with Gasteiger partial charge in [-0.15, -0.1) is 5.10 Å². The van der Waals surface area contributed by atoms with Crippen LogP contribution in [0.4, 0.5) is 0 Å². The Hall–Kier alpha value is -2.63. The predicted octanol–water partition coefficient (Wildman–Crippen LogP) is 3.07. The first kappa shape index (κ1) is 19.1. The minimum absolute atomic E-state index is 0.146. The summed E-state index contributed by atoms with van der Waals surface area (Å²) in [5, 5.41) is 7.33. The molecule has 6 heteroatoms. The Kier molecular flexibility index (Phi) is 5.94. The average Bonchev–Trinajstić information content (AvgIpc) is 2.66. The van der Waals surface area contributed by atoms with Crippen LogP contribution < -0.4 is 15.6 Å². The van der Waals surface area contributed by atoms with Crippen LogP contribution in [0.3, 0.4) is 0 Å². The van der Waals surface area contributed by atoms with Gasteiger partial charge in [0.2, 0.25) is 5.88 Å². The van der Waals surface area contributed by atoms with Gasteiger partial charge in [-0.2, -0.15) is 4.68 Å². The lowest BCUT2D eigenvalue weighted by molar-refractivity contribution is -0.128. The van der Waals surface area contributed by atoms with Gasteiger partial charge in [0, 0.05) is 18.2 Å². The summed E-state index contributed by atoms with van der Waals surface area (Å²) in [6.45, 7) is 5.70. The molecule has 0 bridgehead atoms. The number of benzene rings is 1. The number of ether oxygens (including phenoxy) is 1. The van der Waals surface area contributed by atoms with Gasteiger partial charge in [-0.3, -0.25) is 9.59 Å². The highest BCUT2D eigenvalue weighted by atomic mass is 16.5. The summed E-state index contributed by atoms with van der Waals surface area (Å²) in [6.07, 6.45) is 4.92. The second-order valence-electron chi connectivity index (χ2n) is 7.29.